The minimum atomic E-state index is -0.300. The summed E-state index contributed by atoms with van der Waals surface area (Å²) in [4.78, 5) is 0. The highest BCUT2D eigenvalue weighted by molar-refractivity contribution is 5.33. The molecule has 1 unspecified atom stereocenters. The first-order chi connectivity index (χ1) is 8.83. The summed E-state index contributed by atoms with van der Waals surface area (Å²) in [5.41, 5.74) is 1.36. The molecule has 1 aliphatic rings. The van der Waals surface area contributed by atoms with Crippen LogP contribution in [-0.2, 0) is 0 Å². The summed E-state index contributed by atoms with van der Waals surface area (Å²) in [5.74, 6) is 1.58. The first-order valence-electron chi connectivity index (χ1n) is 6.99. The van der Waals surface area contributed by atoms with Gasteiger partial charge in [-0.1, -0.05) is 31.9 Å². The van der Waals surface area contributed by atoms with Crippen molar-refractivity contribution >= 4 is 0 Å². The van der Waals surface area contributed by atoms with Crippen LogP contribution < -0.4 is 4.74 Å². The van der Waals surface area contributed by atoms with Gasteiger partial charge in [0.15, 0.2) is 6.10 Å². The molecule has 0 saturated heterocycles. The zero-order valence-corrected chi connectivity index (χ0v) is 11.1. The monoisotopic (exact) mass is 243 g/mol. The molecule has 1 atom stereocenters. The largest absolute Gasteiger partial charge is 0.476 e. The van der Waals surface area contributed by atoms with Crippen molar-refractivity contribution in [1.82, 2.24) is 0 Å². The Morgan fingerprint density at radius 3 is 2.89 bits per heavy atom. The van der Waals surface area contributed by atoms with Crippen molar-refractivity contribution in [1.29, 1.82) is 5.26 Å². The van der Waals surface area contributed by atoms with Crippen LogP contribution in [-0.4, -0.2) is 6.10 Å². The summed E-state index contributed by atoms with van der Waals surface area (Å²) in [6, 6.07) is 10.5. The Balaban J connectivity index is 1.90. The minimum Gasteiger partial charge on any atom is -0.476 e. The third-order valence-electron chi connectivity index (χ3n) is 3.40. The van der Waals surface area contributed by atoms with Crippen LogP contribution in [0.15, 0.2) is 24.3 Å². The van der Waals surface area contributed by atoms with Gasteiger partial charge in [0.2, 0.25) is 0 Å². The lowest BCUT2D eigenvalue weighted by Crippen LogP contribution is -2.13. The Kier molecular flexibility index (Phi) is 4.64. The highest BCUT2D eigenvalue weighted by Crippen LogP contribution is 2.41. The molecular formula is C16H21NO. The van der Waals surface area contributed by atoms with Gasteiger partial charge in [-0.15, -0.1) is 0 Å². The molecule has 1 fully saturated rings. The second kappa shape index (κ2) is 6.44. The number of nitriles is 1. The number of hydrogen-bond donors (Lipinski definition) is 0. The predicted octanol–water partition coefficient (Wildman–Crippen LogP) is 4.42. The van der Waals surface area contributed by atoms with Gasteiger partial charge in [0, 0.05) is 0 Å². The van der Waals surface area contributed by atoms with Gasteiger partial charge in [-0.25, -0.2) is 0 Å². The van der Waals surface area contributed by atoms with Gasteiger partial charge in [-0.05, 0) is 49.3 Å². The maximum Gasteiger partial charge on any atom is 0.184 e. The van der Waals surface area contributed by atoms with Crippen LogP contribution >= 0.6 is 0 Å². The zero-order valence-electron chi connectivity index (χ0n) is 11.1. The van der Waals surface area contributed by atoms with Crippen molar-refractivity contribution < 1.29 is 4.74 Å². The molecule has 0 N–H and O–H groups in total. The Hall–Kier alpha value is -1.49. The summed E-state index contributed by atoms with van der Waals surface area (Å²) in [6.07, 6.45) is 6.53. The van der Waals surface area contributed by atoms with E-state index in [0.29, 0.717) is 0 Å². The molecule has 1 saturated carbocycles. The van der Waals surface area contributed by atoms with Crippen molar-refractivity contribution in [2.45, 2.75) is 57.5 Å². The van der Waals surface area contributed by atoms with E-state index in [9.17, 15) is 0 Å². The summed E-state index contributed by atoms with van der Waals surface area (Å²) in [7, 11) is 0. The first kappa shape index (κ1) is 13.0. The molecular weight excluding hydrogens is 222 g/mol. The molecule has 2 heteroatoms. The number of hydrogen-bond acceptors (Lipinski definition) is 2. The number of benzene rings is 1. The van der Waals surface area contributed by atoms with Crippen molar-refractivity contribution in [3.05, 3.63) is 29.8 Å². The second-order valence-corrected chi connectivity index (χ2v) is 5.08. The fourth-order valence-electron chi connectivity index (χ4n) is 2.15. The van der Waals surface area contributed by atoms with E-state index in [4.69, 9.17) is 10.00 Å². The van der Waals surface area contributed by atoms with E-state index in [-0.39, 0.29) is 6.10 Å². The maximum atomic E-state index is 9.10. The molecule has 1 aromatic carbocycles. The first-order valence-corrected chi connectivity index (χ1v) is 6.99. The fourth-order valence-corrected chi connectivity index (χ4v) is 2.15. The SMILES string of the molecule is CCCCCC(C#N)Oc1cccc(C2CC2)c1. The van der Waals surface area contributed by atoms with Gasteiger partial charge in [0.1, 0.15) is 11.8 Å². The molecule has 0 amide bonds. The van der Waals surface area contributed by atoms with Crippen molar-refractivity contribution in [2.24, 2.45) is 0 Å². The smallest absolute Gasteiger partial charge is 0.184 e. The van der Waals surface area contributed by atoms with Gasteiger partial charge in [-0.2, -0.15) is 5.26 Å². The molecule has 0 aliphatic heterocycles. The van der Waals surface area contributed by atoms with Gasteiger partial charge in [-0.3, -0.25) is 0 Å². The molecule has 0 bridgehead atoms. The summed E-state index contributed by atoms with van der Waals surface area (Å²) < 4.78 is 5.77. The predicted molar refractivity (Wildman–Crippen MR) is 72.6 cm³/mol. The lowest BCUT2D eigenvalue weighted by atomic mass is 10.1. The highest BCUT2D eigenvalue weighted by Gasteiger charge is 2.23. The fraction of sp³-hybridized carbons (Fsp3) is 0.562. The van der Waals surface area contributed by atoms with Crippen molar-refractivity contribution in [3.8, 4) is 11.8 Å². The third kappa shape index (κ3) is 3.77. The molecule has 0 radical (unpaired) electrons. The molecule has 1 aliphatic carbocycles. The van der Waals surface area contributed by atoms with Crippen LogP contribution in [0.1, 0.15) is 56.9 Å². The number of unbranched alkanes of at least 4 members (excludes halogenated alkanes) is 2. The highest BCUT2D eigenvalue weighted by atomic mass is 16.5. The van der Waals surface area contributed by atoms with E-state index in [1.165, 1.54) is 31.2 Å². The standard InChI is InChI=1S/C16H21NO/c1-2-3-4-7-16(12-17)18-15-8-5-6-14(11-15)13-9-10-13/h5-6,8,11,13,16H,2-4,7,9-10H2,1H3. The summed E-state index contributed by atoms with van der Waals surface area (Å²) in [6.45, 7) is 2.17. The van der Waals surface area contributed by atoms with Crippen LogP contribution in [0.4, 0.5) is 0 Å². The number of rotatable bonds is 7. The van der Waals surface area contributed by atoms with E-state index >= 15 is 0 Å². The molecule has 0 spiro atoms. The van der Waals surface area contributed by atoms with E-state index in [1.54, 1.807) is 0 Å². The average molecular weight is 243 g/mol. The lowest BCUT2D eigenvalue weighted by molar-refractivity contribution is 0.240. The van der Waals surface area contributed by atoms with Crippen LogP contribution in [0.2, 0.25) is 0 Å². The van der Waals surface area contributed by atoms with Crippen LogP contribution in [0.25, 0.3) is 0 Å². The lowest BCUT2D eigenvalue weighted by Gasteiger charge is -2.13. The summed E-state index contributed by atoms with van der Waals surface area (Å²) in [5, 5.41) is 9.10. The molecule has 2 nitrogen and oxygen atoms in total. The average Bonchev–Trinajstić information content (AvgIpc) is 3.22. The van der Waals surface area contributed by atoms with E-state index in [1.807, 2.05) is 12.1 Å². The molecule has 0 heterocycles. The quantitative estimate of drug-likeness (QED) is 0.664. The Bertz CT molecular complexity index is 417. The number of ether oxygens (including phenoxy) is 1. The Labute approximate surface area is 110 Å². The molecule has 96 valence electrons. The van der Waals surface area contributed by atoms with E-state index < -0.39 is 0 Å². The van der Waals surface area contributed by atoms with Crippen molar-refractivity contribution in [3.63, 3.8) is 0 Å². The summed E-state index contributed by atoms with van der Waals surface area (Å²) >= 11 is 0. The van der Waals surface area contributed by atoms with Gasteiger partial charge in [0.25, 0.3) is 0 Å². The normalized spacial score (nSPS) is 16.0. The molecule has 18 heavy (non-hydrogen) atoms. The second-order valence-electron chi connectivity index (χ2n) is 5.08. The van der Waals surface area contributed by atoms with E-state index in [2.05, 4.69) is 25.1 Å². The number of nitrogens with zero attached hydrogens (tertiary/aromatic N) is 1. The Morgan fingerprint density at radius 1 is 1.39 bits per heavy atom. The minimum absolute atomic E-state index is 0.300. The van der Waals surface area contributed by atoms with Gasteiger partial charge in [0.05, 0.1) is 0 Å². The van der Waals surface area contributed by atoms with Gasteiger partial charge >= 0.3 is 0 Å². The molecule has 0 aromatic heterocycles. The Morgan fingerprint density at radius 2 is 2.22 bits per heavy atom. The van der Waals surface area contributed by atoms with Crippen LogP contribution in [0.3, 0.4) is 0 Å². The van der Waals surface area contributed by atoms with Gasteiger partial charge < -0.3 is 4.74 Å². The topological polar surface area (TPSA) is 33.0 Å². The molecule has 2 rings (SSSR count). The molecule has 1 aromatic rings. The van der Waals surface area contributed by atoms with E-state index in [0.717, 1.165) is 24.5 Å². The van der Waals surface area contributed by atoms with Crippen LogP contribution in [0, 0.1) is 11.3 Å². The zero-order chi connectivity index (χ0) is 12.8. The van der Waals surface area contributed by atoms with Crippen molar-refractivity contribution in [2.75, 3.05) is 0 Å². The maximum absolute atomic E-state index is 9.10. The van der Waals surface area contributed by atoms with Crippen LogP contribution in [0.5, 0.6) is 5.75 Å². The third-order valence-corrected chi connectivity index (χ3v) is 3.40.